The Balaban J connectivity index is 3.06. The lowest BCUT2D eigenvalue weighted by molar-refractivity contribution is -0.100. The third-order valence-electron chi connectivity index (χ3n) is 2.96. The van der Waals surface area contributed by atoms with E-state index in [4.69, 9.17) is 5.11 Å². The Bertz CT molecular complexity index is 375. The van der Waals surface area contributed by atoms with E-state index >= 15 is 0 Å². The number of alkyl halides is 2. The average Bonchev–Trinajstić information content (AvgIpc) is 2.20. The second-order valence-electron chi connectivity index (χ2n) is 4.48. The minimum Gasteiger partial charge on any atom is -0.450 e. The largest absolute Gasteiger partial charge is 0.508 e. The third kappa shape index (κ3) is 2.62. The molecule has 6 heteroatoms. The lowest BCUT2D eigenvalue weighted by atomic mass is 9.77. The van der Waals surface area contributed by atoms with Crippen LogP contribution in [-0.4, -0.2) is 29.6 Å². The lowest BCUT2D eigenvalue weighted by Gasteiger charge is -2.36. The number of nitrogens with zero attached hydrogens (tertiary/aromatic N) is 1. The van der Waals surface area contributed by atoms with Crippen LogP contribution in [0.25, 0.3) is 0 Å². The van der Waals surface area contributed by atoms with E-state index in [0.717, 1.165) is 6.21 Å². The van der Waals surface area contributed by atoms with Crippen LogP contribution in [0.3, 0.4) is 0 Å². The lowest BCUT2D eigenvalue weighted by Crippen LogP contribution is -2.43. The second kappa shape index (κ2) is 4.43. The van der Waals surface area contributed by atoms with Crippen molar-refractivity contribution in [2.24, 2.45) is 10.4 Å². The van der Waals surface area contributed by atoms with Gasteiger partial charge in [-0.1, -0.05) is 20.8 Å². The Morgan fingerprint density at radius 2 is 2.24 bits per heavy atom. The van der Waals surface area contributed by atoms with Crippen molar-refractivity contribution in [2.75, 3.05) is 0 Å². The van der Waals surface area contributed by atoms with E-state index in [1.165, 1.54) is 6.08 Å². The Morgan fingerprint density at radius 3 is 2.71 bits per heavy atom. The SMILES string of the molecule is CCC(C)(C)C1=CC=NC(OC(=O)O)C1(F)F. The molecule has 0 radical (unpaired) electrons. The van der Waals surface area contributed by atoms with Crippen LogP contribution in [0, 0.1) is 5.41 Å². The number of allylic oxidation sites excluding steroid dienone is 1. The molecule has 1 N–H and O–H groups in total. The molecule has 0 saturated carbocycles. The van der Waals surface area contributed by atoms with Gasteiger partial charge in [-0.3, -0.25) is 0 Å². The standard InChI is InChI=1S/C11H15F2NO3/c1-4-10(2,3)7-5-6-14-8(11(7,12)13)17-9(15)16/h5-6,8H,4H2,1-3H3,(H,15,16). The van der Waals surface area contributed by atoms with Crippen molar-refractivity contribution in [3.05, 3.63) is 11.6 Å². The van der Waals surface area contributed by atoms with Gasteiger partial charge >= 0.3 is 12.1 Å². The number of carbonyl (C=O) groups is 1. The summed E-state index contributed by atoms with van der Waals surface area (Å²) in [6.07, 6.45) is -0.862. The molecule has 96 valence electrons. The number of carboxylic acid groups (broad SMARTS) is 1. The first-order chi connectivity index (χ1) is 7.71. The monoisotopic (exact) mass is 247 g/mol. The molecule has 1 heterocycles. The minimum atomic E-state index is -3.41. The van der Waals surface area contributed by atoms with Gasteiger partial charge in [-0.2, -0.15) is 8.78 Å². The number of ether oxygens (including phenoxy) is 1. The summed E-state index contributed by atoms with van der Waals surface area (Å²) in [7, 11) is 0. The molecule has 0 saturated heterocycles. The molecule has 0 aromatic heterocycles. The molecule has 0 aliphatic carbocycles. The predicted octanol–water partition coefficient (Wildman–Crippen LogP) is 3.09. The van der Waals surface area contributed by atoms with Gasteiger partial charge in [-0.15, -0.1) is 0 Å². The van der Waals surface area contributed by atoms with Crippen molar-refractivity contribution in [3.8, 4) is 0 Å². The molecule has 0 spiro atoms. The number of aliphatic imine (C=N–C) groups is 1. The number of dihydropyridines is 1. The van der Waals surface area contributed by atoms with E-state index in [-0.39, 0.29) is 5.57 Å². The minimum absolute atomic E-state index is 0.159. The van der Waals surface area contributed by atoms with Crippen LogP contribution in [-0.2, 0) is 4.74 Å². The highest BCUT2D eigenvalue weighted by Gasteiger charge is 2.51. The second-order valence-corrected chi connectivity index (χ2v) is 4.48. The molecule has 1 atom stereocenters. The predicted molar refractivity (Wildman–Crippen MR) is 58.5 cm³/mol. The fourth-order valence-corrected chi connectivity index (χ4v) is 1.60. The van der Waals surface area contributed by atoms with Gasteiger partial charge in [0.25, 0.3) is 6.23 Å². The molecule has 0 fully saturated rings. The molecule has 0 bridgehead atoms. The van der Waals surface area contributed by atoms with Crippen LogP contribution in [0.2, 0.25) is 0 Å². The molecule has 0 aromatic rings. The molecule has 0 amide bonds. The van der Waals surface area contributed by atoms with Gasteiger partial charge in [0.05, 0.1) is 0 Å². The third-order valence-corrected chi connectivity index (χ3v) is 2.96. The maximum atomic E-state index is 14.0. The normalized spacial score (nSPS) is 23.1. The molecule has 0 aromatic carbocycles. The first kappa shape index (κ1) is 13.6. The maximum Gasteiger partial charge on any atom is 0.508 e. The Morgan fingerprint density at radius 1 is 1.65 bits per heavy atom. The summed E-state index contributed by atoms with van der Waals surface area (Å²) in [6, 6.07) is 0. The summed E-state index contributed by atoms with van der Waals surface area (Å²) in [5, 5.41) is 8.40. The molecular formula is C11H15F2NO3. The summed E-state index contributed by atoms with van der Waals surface area (Å²) < 4.78 is 32.1. The van der Waals surface area contributed by atoms with Crippen molar-refractivity contribution in [3.63, 3.8) is 0 Å². The van der Waals surface area contributed by atoms with Crippen LogP contribution in [0.15, 0.2) is 16.6 Å². The van der Waals surface area contributed by atoms with Crippen molar-refractivity contribution in [1.82, 2.24) is 0 Å². The number of hydrogen-bond acceptors (Lipinski definition) is 3. The molecular weight excluding hydrogens is 232 g/mol. The van der Waals surface area contributed by atoms with Gasteiger partial charge in [0.15, 0.2) is 0 Å². The zero-order chi connectivity index (χ0) is 13.3. The van der Waals surface area contributed by atoms with Crippen molar-refractivity contribution < 1.29 is 23.4 Å². The van der Waals surface area contributed by atoms with Gasteiger partial charge in [0.1, 0.15) is 0 Å². The first-order valence-electron chi connectivity index (χ1n) is 5.23. The Labute approximate surface area is 98.0 Å². The van der Waals surface area contributed by atoms with E-state index in [1.54, 1.807) is 20.8 Å². The summed E-state index contributed by atoms with van der Waals surface area (Å²) in [5.41, 5.74) is -0.899. The van der Waals surface area contributed by atoms with Crippen molar-refractivity contribution in [1.29, 1.82) is 0 Å². The van der Waals surface area contributed by atoms with Gasteiger partial charge in [0.2, 0.25) is 0 Å². The van der Waals surface area contributed by atoms with Crippen LogP contribution in [0.1, 0.15) is 27.2 Å². The van der Waals surface area contributed by atoms with Crippen LogP contribution in [0.5, 0.6) is 0 Å². The molecule has 1 unspecified atom stereocenters. The Hall–Kier alpha value is -1.46. The molecule has 1 aliphatic rings. The van der Waals surface area contributed by atoms with E-state index in [9.17, 15) is 13.6 Å². The maximum absolute atomic E-state index is 14.0. The highest BCUT2D eigenvalue weighted by molar-refractivity contribution is 5.75. The Kier molecular flexibility index (Phi) is 3.54. The fourth-order valence-electron chi connectivity index (χ4n) is 1.60. The van der Waals surface area contributed by atoms with E-state index in [0.29, 0.717) is 6.42 Å². The average molecular weight is 247 g/mol. The summed E-state index contributed by atoms with van der Waals surface area (Å²) >= 11 is 0. The van der Waals surface area contributed by atoms with Gasteiger partial charge in [-0.05, 0) is 17.9 Å². The molecule has 17 heavy (non-hydrogen) atoms. The van der Waals surface area contributed by atoms with Gasteiger partial charge < -0.3 is 9.84 Å². The van der Waals surface area contributed by atoms with Crippen molar-refractivity contribution in [2.45, 2.75) is 39.3 Å². The molecule has 4 nitrogen and oxygen atoms in total. The summed E-state index contributed by atoms with van der Waals surface area (Å²) in [5.74, 6) is -3.41. The first-order valence-corrected chi connectivity index (χ1v) is 5.23. The van der Waals surface area contributed by atoms with E-state index in [1.807, 2.05) is 0 Å². The van der Waals surface area contributed by atoms with E-state index < -0.39 is 23.7 Å². The molecule has 1 rings (SSSR count). The fraction of sp³-hybridized carbons (Fsp3) is 0.636. The summed E-state index contributed by atoms with van der Waals surface area (Å²) in [4.78, 5) is 13.7. The zero-order valence-electron chi connectivity index (χ0n) is 9.91. The highest BCUT2D eigenvalue weighted by Crippen LogP contribution is 2.44. The zero-order valence-corrected chi connectivity index (χ0v) is 9.91. The van der Waals surface area contributed by atoms with Gasteiger partial charge in [0, 0.05) is 11.8 Å². The summed E-state index contributed by atoms with van der Waals surface area (Å²) in [6.45, 7) is 5.13. The smallest absolute Gasteiger partial charge is 0.450 e. The van der Waals surface area contributed by atoms with Gasteiger partial charge in [-0.25, -0.2) is 9.79 Å². The topological polar surface area (TPSA) is 58.9 Å². The van der Waals surface area contributed by atoms with Crippen LogP contribution < -0.4 is 0 Å². The molecule has 1 aliphatic heterocycles. The number of hydrogen-bond donors (Lipinski definition) is 1. The van der Waals surface area contributed by atoms with E-state index in [2.05, 4.69) is 9.73 Å². The van der Waals surface area contributed by atoms with Crippen LogP contribution in [0.4, 0.5) is 13.6 Å². The van der Waals surface area contributed by atoms with Crippen molar-refractivity contribution >= 4 is 12.4 Å². The quantitative estimate of drug-likeness (QED) is 0.779. The number of halogens is 2. The highest BCUT2D eigenvalue weighted by atomic mass is 19.3. The van der Waals surface area contributed by atoms with Crippen LogP contribution >= 0.6 is 0 Å². The number of rotatable bonds is 3.